The first-order valence-corrected chi connectivity index (χ1v) is 3.35. The summed E-state index contributed by atoms with van der Waals surface area (Å²) in [5, 5.41) is 2.97. The Morgan fingerprint density at radius 1 is 1.36 bits per heavy atom. The fourth-order valence-corrected chi connectivity index (χ4v) is 0.771. The lowest BCUT2D eigenvalue weighted by Crippen LogP contribution is -2.07. The van der Waals surface area contributed by atoms with Crippen molar-refractivity contribution in [1.29, 1.82) is 0 Å². The molecule has 1 aromatic heterocycles. The number of nitrogens with one attached hydrogen (secondary N) is 1. The van der Waals surface area contributed by atoms with Crippen molar-refractivity contribution in [2.75, 3.05) is 23.3 Å². The van der Waals surface area contributed by atoms with Gasteiger partial charge in [0, 0.05) is 6.54 Å². The van der Waals surface area contributed by atoms with Gasteiger partial charge in [-0.2, -0.15) is 0 Å². The molecule has 5 N–H and O–H groups in total. The summed E-state index contributed by atoms with van der Waals surface area (Å²) < 4.78 is 0. The third-order valence-electron chi connectivity index (χ3n) is 1.26. The molecule has 0 radical (unpaired) electrons. The van der Waals surface area contributed by atoms with Crippen LogP contribution >= 0.6 is 0 Å². The highest BCUT2D eigenvalue weighted by atomic mass is 15.0. The minimum Gasteiger partial charge on any atom is -0.382 e. The van der Waals surface area contributed by atoms with Crippen molar-refractivity contribution < 1.29 is 0 Å². The van der Waals surface area contributed by atoms with E-state index in [9.17, 15) is 0 Å². The number of nitrogen functional groups attached to an aromatic ring is 2. The van der Waals surface area contributed by atoms with E-state index in [-0.39, 0.29) is 0 Å². The normalized spacial score (nSPS) is 9.55. The van der Waals surface area contributed by atoms with E-state index in [1.807, 2.05) is 6.92 Å². The Bertz CT molecular complexity index is 226. The molecule has 0 saturated heterocycles. The topological polar surface area (TPSA) is 89.8 Å². The number of hydrogen-bond donors (Lipinski definition) is 3. The molecule has 0 atom stereocenters. The van der Waals surface area contributed by atoms with Crippen LogP contribution in [0.2, 0.25) is 0 Å². The average molecular weight is 153 g/mol. The second-order valence-electron chi connectivity index (χ2n) is 2.05. The van der Waals surface area contributed by atoms with E-state index in [0.717, 1.165) is 6.54 Å². The Labute approximate surface area is 64.8 Å². The highest BCUT2D eigenvalue weighted by molar-refractivity contribution is 5.73. The Kier molecular flexibility index (Phi) is 2.10. The SMILES string of the molecule is CCNc1c(N)ncnc1N. The van der Waals surface area contributed by atoms with E-state index in [4.69, 9.17) is 11.5 Å². The van der Waals surface area contributed by atoms with Crippen LogP contribution in [-0.4, -0.2) is 16.5 Å². The maximum Gasteiger partial charge on any atom is 0.152 e. The minimum absolute atomic E-state index is 0.388. The van der Waals surface area contributed by atoms with Crippen molar-refractivity contribution in [1.82, 2.24) is 9.97 Å². The van der Waals surface area contributed by atoms with Crippen LogP contribution in [0.25, 0.3) is 0 Å². The van der Waals surface area contributed by atoms with E-state index in [2.05, 4.69) is 15.3 Å². The molecule has 1 rings (SSSR count). The van der Waals surface area contributed by atoms with E-state index in [0.29, 0.717) is 17.3 Å². The van der Waals surface area contributed by atoms with Gasteiger partial charge in [0.1, 0.15) is 12.0 Å². The molecule has 0 aliphatic heterocycles. The van der Waals surface area contributed by atoms with Crippen molar-refractivity contribution in [3.05, 3.63) is 6.33 Å². The Morgan fingerprint density at radius 2 is 1.91 bits per heavy atom. The lowest BCUT2D eigenvalue weighted by molar-refractivity contribution is 1.14. The van der Waals surface area contributed by atoms with Gasteiger partial charge in [-0.15, -0.1) is 0 Å². The molecule has 0 unspecified atom stereocenters. The van der Waals surface area contributed by atoms with Gasteiger partial charge in [-0.3, -0.25) is 0 Å². The summed E-state index contributed by atoms with van der Waals surface area (Å²) in [6.07, 6.45) is 1.34. The largest absolute Gasteiger partial charge is 0.382 e. The summed E-state index contributed by atoms with van der Waals surface area (Å²) in [6, 6.07) is 0. The third-order valence-corrected chi connectivity index (χ3v) is 1.26. The van der Waals surface area contributed by atoms with Crippen LogP contribution in [0.5, 0.6) is 0 Å². The van der Waals surface area contributed by atoms with Crippen LogP contribution in [0.15, 0.2) is 6.33 Å². The van der Waals surface area contributed by atoms with Crippen molar-refractivity contribution in [3.8, 4) is 0 Å². The van der Waals surface area contributed by atoms with Gasteiger partial charge < -0.3 is 16.8 Å². The predicted octanol–water partition coefficient (Wildman–Crippen LogP) is 0.0728. The van der Waals surface area contributed by atoms with E-state index < -0.39 is 0 Å². The van der Waals surface area contributed by atoms with Crippen LogP contribution < -0.4 is 16.8 Å². The second kappa shape index (κ2) is 3.05. The molecule has 0 aliphatic carbocycles. The maximum atomic E-state index is 5.51. The molecule has 0 fully saturated rings. The number of aromatic nitrogens is 2. The third kappa shape index (κ3) is 1.49. The van der Waals surface area contributed by atoms with Crippen LogP contribution in [-0.2, 0) is 0 Å². The highest BCUT2D eigenvalue weighted by Crippen LogP contribution is 2.19. The van der Waals surface area contributed by atoms with Crippen molar-refractivity contribution >= 4 is 17.3 Å². The zero-order valence-corrected chi connectivity index (χ0v) is 6.33. The van der Waals surface area contributed by atoms with Crippen LogP contribution in [0.4, 0.5) is 17.3 Å². The first-order chi connectivity index (χ1) is 5.25. The molecule has 11 heavy (non-hydrogen) atoms. The predicted molar refractivity (Wildman–Crippen MR) is 45.0 cm³/mol. The van der Waals surface area contributed by atoms with Crippen molar-refractivity contribution in [2.24, 2.45) is 0 Å². The molecular weight excluding hydrogens is 142 g/mol. The number of anilines is 3. The van der Waals surface area contributed by atoms with Crippen molar-refractivity contribution in [2.45, 2.75) is 6.92 Å². The molecule has 0 bridgehead atoms. The minimum atomic E-state index is 0.388. The molecule has 0 amide bonds. The lowest BCUT2D eigenvalue weighted by Gasteiger charge is -2.06. The van der Waals surface area contributed by atoms with Crippen LogP contribution in [0.3, 0.4) is 0 Å². The van der Waals surface area contributed by atoms with Gasteiger partial charge >= 0.3 is 0 Å². The molecule has 0 spiro atoms. The zero-order chi connectivity index (χ0) is 8.27. The molecule has 5 nitrogen and oxygen atoms in total. The molecule has 60 valence electrons. The van der Waals surface area contributed by atoms with Gasteiger partial charge in [-0.1, -0.05) is 0 Å². The molecular formula is C6H11N5. The standard InChI is InChI=1S/C6H11N5/c1-2-9-4-5(7)10-3-11-6(4)8/h3,9H,2H2,1H3,(H4,7,8,10,11). The summed E-state index contributed by atoms with van der Waals surface area (Å²) in [6.45, 7) is 2.70. The number of nitrogens with zero attached hydrogens (tertiary/aromatic N) is 2. The zero-order valence-electron chi connectivity index (χ0n) is 6.33. The summed E-state index contributed by atoms with van der Waals surface area (Å²) in [7, 11) is 0. The number of rotatable bonds is 2. The van der Waals surface area contributed by atoms with E-state index >= 15 is 0 Å². The fraction of sp³-hybridized carbons (Fsp3) is 0.333. The number of nitrogens with two attached hydrogens (primary N) is 2. The van der Waals surface area contributed by atoms with Crippen LogP contribution in [0.1, 0.15) is 6.92 Å². The first-order valence-electron chi connectivity index (χ1n) is 3.35. The summed E-state index contributed by atoms with van der Waals surface area (Å²) in [5.41, 5.74) is 11.6. The monoisotopic (exact) mass is 153 g/mol. The quantitative estimate of drug-likeness (QED) is 0.559. The highest BCUT2D eigenvalue weighted by Gasteiger charge is 2.02. The van der Waals surface area contributed by atoms with E-state index in [1.54, 1.807) is 0 Å². The molecule has 0 saturated carbocycles. The Morgan fingerprint density at radius 3 is 2.36 bits per heavy atom. The second-order valence-corrected chi connectivity index (χ2v) is 2.05. The Balaban J connectivity index is 3.00. The van der Waals surface area contributed by atoms with E-state index in [1.165, 1.54) is 6.33 Å². The molecule has 1 heterocycles. The van der Waals surface area contributed by atoms with Crippen molar-refractivity contribution in [3.63, 3.8) is 0 Å². The summed E-state index contributed by atoms with van der Waals surface area (Å²) in [4.78, 5) is 7.57. The van der Waals surface area contributed by atoms with Gasteiger partial charge in [0.25, 0.3) is 0 Å². The first kappa shape index (κ1) is 7.59. The fourth-order valence-electron chi connectivity index (χ4n) is 0.771. The summed E-state index contributed by atoms with van der Waals surface area (Å²) in [5.74, 6) is 0.777. The van der Waals surface area contributed by atoms with Gasteiger partial charge in [0.05, 0.1) is 0 Å². The molecule has 5 heteroatoms. The molecule has 1 aromatic rings. The lowest BCUT2D eigenvalue weighted by atomic mass is 10.4. The smallest absolute Gasteiger partial charge is 0.152 e. The van der Waals surface area contributed by atoms with Gasteiger partial charge in [0.2, 0.25) is 0 Å². The average Bonchev–Trinajstić information content (AvgIpc) is 1.97. The summed E-state index contributed by atoms with van der Waals surface area (Å²) >= 11 is 0. The maximum absolute atomic E-state index is 5.51. The molecule has 0 aromatic carbocycles. The Hall–Kier alpha value is -1.52. The number of hydrogen-bond acceptors (Lipinski definition) is 5. The van der Waals surface area contributed by atoms with Crippen LogP contribution in [0, 0.1) is 0 Å². The van der Waals surface area contributed by atoms with Gasteiger partial charge in [-0.25, -0.2) is 9.97 Å². The van der Waals surface area contributed by atoms with Gasteiger partial charge in [-0.05, 0) is 6.92 Å². The van der Waals surface area contributed by atoms with Gasteiger partial charge in [0.15, 0.2) is 11.6 Å². The molecule has 0 aliphatic rings.